The van der Waals surface area contributed by atoms with Crippen molar-refractivity contribution in [2.45, 2.75) is 6.43 Å². The van der Waals surface area contributed by atoms with E-state index in [1.54, 1.807) is 0 Å². The zero-order valence-electron chi connectivity index (χ0n) is 17.1. The Balaban J connectivity index is 1.88. The van der Waals surface area contributed by atoms with Gasteiger partial charge in [0.05, 0.1) is 29.9 Å². The molecule has 0 unspecified atom stereocenters. The molecule has 0 bridgehead atoms. The first-order valence-electron chi connectivity index (χ1n) is 9.50. The van der Waals surface area contributed by atoms with Crippen molar-refractivity contribution < 1.29 is 31.9 Å². The number of rotatable bonds is 8. The summed E-state index contributed by atoms with van der Waals surface area (Å²) >= 11 is 6.27. The Labute approximate surface area is 191 Å². The molecule has 2 N–H and O–H groups in total. The quantitative estimate of drug-likeness (QED) is 0.325. The topological polar surface area (TPSA) is 67.4 Å². The number of methoxy groups -OCH3 is 1. The SMILES string of the molecule is COc1ccc(C(=O)NCC(F)F)cc1C(=O)c1ccc(Nc2ccc(F)cc2F)cc1Cl. The zero-order valence-corrected chi connectivity index (χ0v) is 17.9. The van der Waals surface area contributed by atoms with Crippen LogP contribution in [-0.4, -0.2) is 31.8 Å². The Kier molecular flexibility index (Phi) is 7.55. The molecule has 3 aromatic carbocycles. The van der Waals surface area contributed by atoms with Gasteiger partial charge in [-0.25, -0.2) is 17.6 Å². The number of amides is 1. The summed E-state index contributed by atoms with van der Waals surface area (Å²) in [7, 11) is 1.33. The number of alkyl halides is 2. The minimum atomic E-state index is -2.72. The van der Waals surface area contributed by atoms with Crippen LogP contribution in [0.15, 0.2) is 54.6 Å². The highest BCUT2D eigenvalue weighted by Crippen LogP contribution is 2.30. The lowest BCUT2D eigenvalue weighted by Crippen LogP contribution is -2.28. The molecule has 172 valence electrons. The van der Waals surface area contributed by atoms with Crippen LogP contribution in [0.3, 0.4) is 0 Å². The van der Waals surface area contributed by atoms with Gasteiger partial charge in [-0.15, -0.1) is 0 Å². The van der Waals surface area contributed by atoms with Crippen LogP contribution in [0.1, 0.15) is 26.3 Å². The smallest absolute Gasteiger partial charge is 0.255 e. The first-order chi connectivity index (χ1) is 15.7. The van der Waals surface area contributed by atoms with Crippen molar-refractivity contribution in [2.75, 3.05) is 19.0 Å². The van der Waals surface area contributed by atoms with Gasteiger partial charge in [0.25, 0.3) is 12.3 Å². The zero-order chi connectivity index (χ0) is 24.1. The predicted octanol–water partition coefficient (Wildman–Crippen LogP) is 5.60. The van der Waals surface area contributed by atoms with Crippen LogP contribution in [0.25, 0.3) is 0 Å². The number of nitrogens with one attached hydrogen (secondary N) is 2. The molecule has 3 rings (SSSR count). The molecule has 0 atom stereocenters. The van der Waals surface area contributed by atoms with E-state index in [-0.39, 0.29) is 33.1 Å². The van der Waals surface area contributed by atoms with Crippen molar-refractivity contribution in [1.29, 1.82) is 0 Å². The van der Waals surface area contributed by atoms with E-state index < -0.39 is 36.3 Å². The van der Waals surface area contributed by atoms with Gasteiger partial charge < -0.3 is 15.4 Å². The van der Waals surface area contributed by atoms with E-state index in [1.807, 2.05) is 0 Å². The fraction of sp³-hybridized carbons (Fsp3) is 0.130. The summed E-state index contributed by atoms with van der Waals surface area (Å²) in [5, 5.41) is 4.82. The van der Waals surface area contributed by atoms with Crippen LogP contribution in [0.5, 0.6) is 5.75 Å². The Hall–Kier alpha value is -3.59. The van der Waals surface area contributed by atoms with Crippen LogP contribution in [0, 0.1) is 11.6 Å². The third kappa shape index (κ3) is 5.81. The van der Waals surface area contributed by atoms with Crippen LogP contribution >= 0.6 is 11.6 Å². The molecule has 33 heavy (non-hydrogen) atoms. The lowest BCUT2D eigenvalue weighted by atomic mass is 9.99. The van der Waals surface area contributed by atoms with E-state index in [0.717, 1.165) is 12.1 Å². The standard InChI is InChI=1S/C23H17ClF4N2O3/c1-33-20-7-2-12(23(32)29-11-21(27)28)8-16(20)22(31)15-5-4-14(10-17(15)24)30-19-6-3-13(25)9-18(19)26/h2-10,21,30H,11H2,1H3,(H,29,32). The minimum absolute atomic E-state index is 0.00520. The third-order valence-corrected chi connectivity index (χ3v) is 4.86. The van der Waals surface area contributed by atoms with E-state index in [9.17, 15) is 27.2 Å². The number of halogens is 5. The molecule has 0 aliphatic rings. The lowest BCUT2D eigenvalue weighted by Gasteiger charge is -2.13. The van der Waals surface area contributed by atoms with Crippen molar-refractivity contribution in [3.63, 3.8) is 0 Å². The van der Waals surface area contributed by atoms with Crippen molar-refractivity contribution in [2.24, 2.45) is 0 Å². The average molecular weight is 481 g/mol. The summed E-state index contributed by atoms with van der Waals surface area (Å²) in [6.45, 7) is -0.830. The molecule has 0 heterocycles. The molecule has 10 heteroatoms. The Morgan fingerprint density at radius 2 is 1.76 bits per heavy atom. The maximum absolute atomic E-state index is 13.9. The number of carbonyl (C=O) groups is 2. The van der Waals surface area contributed by atoms with Crippen LogP contribution < -0.4 is 15.4 Å². The minimum Gasteiger partial charge on any atom is -0.496 e. The molecule has 0 radical (unpaired) electrons. The average Bonchev–Trinajstić information content (AvgIpc) is 2.78. The van der Waals surface area contributed by atoms with Gasteiger partial charge in [0.2, 0.25) is 0 Å². The largest absolute Gasteiger partial charge is 0.496 e. The summed E-state index contributed by atoms with van der Waals surface area (Å²) in [6.07, 6.45) is -2.72. The second-order valence-corrected chi connectivity index (χ2v) is 7.20. The predicted molar refractivity (Wildman–Crippen MR) is 116 cm³/mol. The van der Waals surface area contributed by atoms with Crippen LogP contribution in [0.2, 0.25) is 5.02 Å². The number of carbonyl (C=O) groups excluding carboxylic acids is 2. The number of ketones is 1. The molecule has 0 saturated carbocycles. The van der Waals surface area contributed by atoms with Gasteiger partial charge in [0.1, 0.15) is 17.4 Å². The highest BCUT2D eigenvalue weighted by molar-refractivity contribution is 6.35. The Morgan fingerprint density at radius 3 is 2.39 bits per heavy atom. The molecule has 1 amide bonds. The number of benzene rings is 3. The van der Waals surface area contributed by atoms with E-state index in [4.69, 9.17) is 16.3 Å². The monoisotopic (exact) mass is 480 g/mol. The molecular formula is C23H17ClF4N2O3. The summed E-state index contributed by atoms with van der Waals surface area (Å²) in [4.78, 5) is 25.2. The van der Waals surface area contributed by atoms with E-state index >= 15 is 0 Å². The molecule has 0 aromatic heterocycles. The normalized spacial score (nSPS) is 10.8. The van der Waals surface area contributed by atoms with E-state index in [0.29, 0.717) is 5.69 Å². The fourth-order valence-corrected chi connectivity index (χ4v) is 3.23. The van der Waals surface area contributed by atoms with Crippen LogP contribution in [-0.2, 0) is 0 Å². The van der Waals surface area contributed by atoms with Gasteiger partial charge in [-0.3, -0.25) is 9.59 Å². The number of hydrogen-bond donors (Lipinski definition) is 2. The summed E-state index contributed by atoms with van der Waals surface area (Å²) in [5.74, 6) is -2.75. The van der Waals surface area contributed by atoms with Crippen molar-refractivity contribution in [3.05, 3.63) is 87.9 Å². The molecule has 0 aliphatic heterocycles. The van der Waals surface area contributed by atoms with Gasteiger partial charge in [0.15, 0.2) is 5.78 Å². The molecule has 0 aliphatic carbocycles. The maximum atomic E-state index is 13.9. The van der Waals surface area contributed by atoms with Crippen molar-refractivity contribution >= 4 is 34.7 Å². The van der Waals surface area contributed by atoms with E-state index in [2.05, 4.69) is 10.6 Å². The van der Waals surface area contributed by atoms with Gasteiger partial charge in [-0.2, -0.15) is 0 Å². The fourth-order valence-electron chi connectivity index (χ4n) is 2.97. The van der Waals surface area contributed by atoms with Gasteiger partial charge in [-0.05, 0) is 48.5 Å². The second-order valence-electron chi connectivity index (χ2n) is 6.79. The van der Waals surface area contributed by atoms with Gasteiger partial charge in [0, 0.05) is 22.9 Å². The summed E-state index contributed by atoms with van der Waals surface area (Å²) in [6, 6.07) is 11.2. The number of ether oxygens (including phenoxy) is 1. The van der Waals surface area contributed by atoms with E-state index in [1.165, 1.54) is 49.6 Å². The molecule has 5 nitrogen and oxygen atoms in total. The molecule has 0 spiro atoms. The summed E-state index contributed by atoms with van der Waals surface area (Å²) in [5.41, 5.74) is 0.394. The first-order valence-corrected chi connectivity index (χ1v) is 9.88. The Morgan fingerprint density at radius 1 is 1.00 bits per heavy atom. The molecular weight excluding hydrogens is 464 g/mol. The molecule has 0 fully saturated rings. The highest BCUT2D eigenvalue weighted by Gasteiger charge is 2.20. The Bertz CT molecular complexity index is 1200. The van der Waals surface area contributed by atoms with Crippen LogP contribution in [0.4, 0.5) is 28.9 Å². The van der Waals surface area contributed by atoms with Gasteiger partial charge in [-0.1, -0.05) is 11.6 Å². The van der Waals surface area contributed by atoms with Crippen molar-refractivity contribution in [3.8, 4) is 5.75 Å². The second kappa shape index (κ2) is 10.4. The summed E-state index contributed by atoms with van der Waals surface area (Å²) < 4.78 is 56.9. The van der Waals surface area contributed by atoms with Gasteiger partial charge >= 0.3 is 0 Å². The highest BCUT2D eigenvalue weighted by atomic mass is 35.5. The third-order valence-electron chi connectivity index (χ3n) is 4.55. The van der Waals surface area contributed by atoms with Crippen molar-refractivity contribution in [1.82, 2.24) is 5.32 Å². The number of hydrogen-bond acceptors (Lipinski definition) is 4. The first kappa shape index (κ1) is 24.1. The molecule has 3 aromatic rings. The maximum Gasteiger partial charge on any atom is 0.255 e. The number of anilines is 2. The molecule has 0 saturated heterocycles. The lowest BCUT2D eigenvalue weighted by molar-refractivity contribution is 0.0891.